The van der Waals surface area contributed by atoms with Crippen LogP contribution in [0, 0.1) is 0 Å². The van der Waals surface area contributed by atoms with E-state index in [4.69, 9.17) is 14.6 Å². The molecule has 0 atom stereocenters. The molecule has 2 rings (SSSR count). The van der Waals surface area contributed by atoms with Crippen LogP contribution in [-0.2, 0) is 9.47 Å². The third kappa shape index (κ3) is 6.08. The first-order chi connectivity index (χ1) is 10.8. The summed E-state index contributed by atoms with van der Waals surface area (Å²) in [5.74, 6) is 2.71. The number of carboxylic acids is 1. The Morgan fingerprint density at radius 3 is 2.00 bits per heavy atom. The number of nitrogens with zero attached hydrogens (tertiary/aromatic N) is 1. The highest BCUT2D eigenvalue weighted by Gasteiger charge is 2.09. The SMILES string of the molecule is O=C(O)c1ccc(N2CSCCOCCOCCSC2)cc1. The molecular formula is C15H21NO4S2. The Morgan fingerprint density at radius 2 is 1.50 bits per heavy atom. The van der Waals surface area contributed by atoms with Gasteiger partial charge < -0.3 is 19.5 Å². The van der Waals surface area contributed by atoms with Crippen LogP contribution in [0.15, 0.2) is 24.3 Å². The summed E-state index contributed by atoms with van der Waals surface area (Å²) in [7, 11) is 0. The predicted octanol–water partition coefficient (Wildman–Crippen LogP) is 2.62. The highest BCUT2D eigenvalue weighted by atomic mass is 32.2. The quantitative estimate of drug-likeness (QED) is 0.886. The lowest BCUT2D eigenvalue weighted by Gasteiger charge is -2.24. The molecule has 1 aromatic carbocycles. The zero-order valence-corrected chi connectivity index (χ0v) is 14.0. The van der Waals surface area contributed by atoms with Crippen molar-refractivity contribution < 1.29 is 19.4 Å². The van der Waals surface area contributed by atoms with Crippen molar-refractivity contribution in [1.82, 2.24) is 0 Å². The van der Waals surface area contributed by atoms with Gasteiger partial charge in [-0.2, -0.15) is 0 Å². The van der Waals surface area contributed by atoms with Crippen LogP contribution < -0.4 is 4.90 Å². The Kier molecular flexibility index (Phi) is 7.93. The second-order valence-electron chi connectivity index (χ2n) is 4.69. The number of ether oxygens (including phenoxy) is 2. The van der Waals surface area contributed by atoms with Crippen LogP contribution in [0.5, 0.6) is 0 Å². The molecule has 1 fully saturated rings. The largest absolute Gasteiger partial charge is 0.478 e. The minimum atomic E-state index is -0.894. The highest BCUT2D eigenvalue weighted by molar-refractivity contribution is 8.00. The molecule has 0 aromatic heterocycles. The fourth-order valence-corrected chi connectivity index (χ4v) is 3.67. The van der Waals surface area contributed by atoms with E-state index in [1.165, 1.54) is 0 Å². The molecule has 1 heterocycles. The standard InChI is InChI=1S/C15H21NO4S2/c17-15(18)13-1-3-14(4-2-13)16-11-21-9-7-19-5-6-20-8-10-22-12-16/h1-4H,5-12H2,(H,17,18). The van der Waals surface area contributed by atoms with E-state index in [1.807, 2.05) is 35.7 Å². The molecule has 0 saturated carbocycles. The summed E-state index contributed by atoms with van der Waals surface area (Å²) in [6, 6.07) is 7.05. The molecule has 0 bridgehead atoms. The van der Waals surface area contributed by atoms with Crippen LogP contribution in [0.2, 0.25) is 0 Å². The Bertz CT molecular complexity index is 441. The van der Waals surface area contributed by atoms with Gasteiger partial charge in [0.2, 0.25) is 0 Å². The highest BCUT2D eigenvalue weighted by Crippen LogP contribution is 2.21. The molecule has 0 unspecified atom stereocenters. The smallest absolute Gasteiger partial charge is 0.335 e. The Morgan fingerprint density at radius 1 is 0.955 bits per heavy atom. The van der Waals surface area contributed by atoms with E-state index in [0.29, 0.717) is 18.8 Å². The lowest BCUT2D eigenvalue weighted by Crippen LogP contribution is -2.23. The molecule has 0 spiro atoms. The van der Waals surface area contributed by atoms with Crippen molar-refractivity contribution in [2.75, 3.05) is 54.6 Å². The van der Waals surface area contributed by atoms with Crippen LogP contribution in [0.3, 0.4) is 0 Å². The maximum absolute atomic E-state index is 10.9. The van der Waals surface area contributed by atoms with E-state index in [0.717, 1.165) is 42.2 Å². The van der Waals surface area contributed by atoms with E-state index < -0.39 is 5.97 Å². The molecule has 7 heteroatoms. The van der Waals surface area contributed by atoms with Gasteiger partial charge in [0.15, 0.2) is 0 Å². The molecule has 1 saturated heterocycles. The van der Waals surface area contributed by atoms with Crippen LogP contribution in [0.4, 0.5) is 5.69 Å². The van der Waals surface area contributed by atoms with Gasteiger partial charge in [0.25, 0.3) is 0 Å². The lowest BCUT2D eigenvalue weighted by atomic mass is 10.2. The monoisotopic (exact) mass is 343 g/mol. The van der Waals surface area contributed by atoms with Crippen molar-refractivity contribution in [1.29, 1.82) is 0 Å². The lowest BCUT2D eigenvalue weighted by molar-refractivity contribution is 0.0605. The van der Waals surface area contributed by atoms with E-state index >= 15 is 0 Å². The van der Waals surface area contributed by atoms with Crippen molar-refractivity contribution in [3.63, 3.8) is 0 Å². The van der Waals surface area contributed by atoms with E-state index in [2.05, 4.69) is 4.90 Å². The Hall–Kier alpha value is -0.890. The summed E-state index contributed by atoms with van der Waals surface area (Å²) in [5.41, 5.74) is 1.36. The van der Waals surface area contributed by atoms with E-state index in [-0.39, 0.29) is 0 Å². The number of rotatable bonds is 2. The minimum absolute atomic E-state index is 0.316. The summed E-state index contributed by atoms with van der Waals surface area (Å²) in [5, 5.41) is 8.97. The van der Waals surface area contributed by atoms with Crippen LogP contribution in [0.25, 0.3) is 0 Å². The third-order valence-electron chi connectivity index (χ3n) is 3.09. The summed E-state index contributed by atoms with van der Waals surface area (Å²) in [6.07, 6.45) is 0. The average Bonchev–Trinajstić information content (AvgIpc) is 2.56. The normalized spacial score (nSPS) is 18.8. The molecular weight excluding hydrogens is 322 g/mol. The Balaban J connectivity index is 1.95. The molecule has 5 nitrogen and oxygen atoms in total. The number of thioether (sulfide) groups is 2. The fraction of sp³-hybridized carbons (Fsp3) is 0.533. The van der Waals surface area contributed by atoms with Gasteiger partial charge >= 0.3 is 5.97 Å². The topological polar surface area (TPSA) is 59.0 Å². The first kappa shape index (κ1) is 17.5. The molecule has 1 aromatic rings. The number of carbonyl (C=O) groups is 1. The maximum atomic E-state index is 10.9. The average molecular weight is 343 g/mol. The summed E-state index contributed by atoms with van der Waals surface area (Å²) < 4.78 is 11.0. The maximum Gasteiger partial charge on any atom is 0.335 e. The number of aromatic carboxylic acids is 1. The predicted molar refractivity (Wildman–Crippen MR) is 92.2 cm³/mol. The van der Waals surface area contributed by atoms with Crippen LogP contribution in [0.1, 0.15) is 10.4 Å². The van der Waals surface area contributed by atoms with Gasteiger partial charge in [-0.05, 0) is 24.3 Å². The first-order valence-corrected chi connectivity index (χ1v) is 9.47. The number of hydrogen-bond acceptors (Lipinski definition) is 6. The number of carboxylic acid groups (broad SMARTS) is 1. The second-order valence-corrected chi connectivity index (χ2v) is 6.84. The van der Waals surface area contributed by atoms with Crippen molar-refractivity contribution in [3.05, 3.63) is 29.8 Å². The van der Waals surface area contributed by atoms with Gasteiger partial charge in [0.1, 0.15) is 0 Å². The molecule has 122 valence electrons. The van der Waals surface area contributed by atoms with Gasteiger partial charge in [-0.15, -0.1) is 23.5 Å². The summed E-state index contributed by atoms with van der Waals surface area (Å²) in [6.45, 7) is 2.77. The molecule has 0 amide bonds. The summed E-state index contributed by atoms with van der Waals surface area (Å²) >= 11 is 3.64. The van der Waals surface area contributed by atoms with E-state index in [9.17, 15) is 4.79 Å². The van der Waals surface area contributed by atoms with Crippen molar-refractivity contribution in [2.45, 2.75) is 0 Å². The zero-order chi connectivity index (χ0) is 15.6. The van der Waals surface area contributed by atoms with Gasteiger partial charge in [-0.25, -0.2) is 4.79 Å². The second kappa shape index (κ2) is 9.99. The summed E-state index contributed by atoms with van der Waals surface area (Å²) in [4.78, 5) is 13.2. The van der Waals surface area contributed by atoms with Gasteiger partial charge in [-0.1, -0.05) is 0 Å². The Labute approximate surface area is 139 Å². The number of benzene rings is 1. The van der Waals surface area contributed by atoms with Gasteiger partial charge in [0, 0.05) is 17.2 Å². The van der Waals surface area contributed by atoms with Gasteiger partial charge in [0.05, 0.1) is 43.7 Å². The molecule has 1 aliphatic rings. The van der Waals surface area contributed by atoms with E-state index in [1.54, 1.807) is 12.1 Å². The first-order valence-electron chi connectivity index (χ1n) is 7.16. The number of hydrogen-bond donors (Lipinski definition) is 1. The van der Waals surface area contributed by atoms with Crippen molar-refractivity contribution in [3.8, 4) is 0 Å². The minimum Gasteiger partial charge on any atom is -0.478 e. The molecule has 0 radical (unpaired) electrons. The van der Waals surface area contributed by atoms with Gasteiger partial charge in [-0.3, -0.25) is 0 Å². The number of anilines is 1. The van der Waals surface area contributed by atoms with Crippen LogP contribution >= 0.6 is 23.5 Å². The zero-order valence-electron chi connectivity index (χ0n) is 12.4. The van der Waals surface area contributed by atoms with Crippen molar-refractivity contribution in [2.24, 2.45) is 0 Å². The molecule has 1 aliphatic heterocycles. The fourth-order valence-electron chi connectivity index (χ4n) is 1.91. The molecule has 1 N–H and O–H groups in total. The third-order valence-corrected chi connectivity index (χ3v) is 4.99. The molecule has 0 aliphatic carbocycles. The van der Waals surface area contributed by atoms with Crippen molar-refractivity contribution >= 4 is 35.2 Å². The van der Waals surface area contributed by atoms with Crippen LogP contribution in [-0.4, -0.2) is 60.8 Å². The molecule has 22 heavy (non-hydrogen) atoms.